The molecule has 100 valence electrons. The fourth-order valence-corrected chi connectivity index (χ4v) is 2.41. The molecule has 0 spiro atoms. The minimum Gasteiger partial charge on any atom is -0.267 e. The summed E-state index contributed by atoms with van der Waals surface area (Å²) in [7, 11) is 0. The first kappa shape index (κ1) is 12.5. The largest absolute Gasteiger partial charge is 0.271 e. The Morgan fingerprint density at radius 2 is 1.95 bits per heavy atom. The first-order valence-corrected chi connectivity index (χ1v) is 6.68. The maximum atomic E-state index is 11.8. The van der Waals surface area contributed by atoms with Gasteiger partial charge in [-0.15, -0.1) is 0 Å². The molecular formula is C16H15N3O. The van der Waals surface area contributed by atoms with Crippen LogP contribution in [0.5, 0.6) is 0 Å². The van der Waals surface area contributed by atoms with Crippen molar-refractivity contribution >= 4 is 12.1 Å². The first-order valence-electron chi connectivity index (χ1n) is 6.68. The maximum Gasteiger partial charge on any atom is 0.271 e. The molecule has 0 aliphatic heterocycles. The molecule has 0 bridgehead atoms. The molecule has 1 N–H and O–H groups in total. The van der Waals surface area contributed by atoms with Crippen molar-refractivity contribution in [3.63, 3.8) is 0 Å². The molecule has 1 heterocycles. The van der Waals surface area contributed by atoms with Crippen LogP contribution >= 0.6 is 0 Å². The van der Waals surface area contributed by atoms with Crippen molar-refractivity contribution in [2.24, 2.45) is 5.10 Å². The van der Waals surface area contributed by atoms with Crippen LogP contribution in [0.4, 0.5) is 0 Å². The number of carbonyl (C=O) groups excluding carboxylic acids is 1. The molecule has 3 rings (SSSR count). The summed E-state index contributed by atoms with van der Waals surface area (Å²) in [5.41, 5.74) is 6.91. The number of nitrogens with one attached hydrogen (secondary N) is 1. The average molecular weight is 265 g/mol. The zero-order valence-corrected chi connectivity index (χ0v) is 11.0. The number of amides is 1. The van der Waals surface area contributed by atoms with E-state index < -0.39 is 0 Å². The van der Waals surface area contributed by atoms with E-state index in [1.165, 1.54) is 24.0 Å². The molecule has 0 unspecified atom stereocenters. The lowest BCUT2D eigenvalue weighted by Gasteiger charge is -2.01. The molecule has 4 heteroatoms. The van der Waals surface area contributed by atoms with E-state index in [-0.39, 0.29) is 5.91 Å². The summed E-state index contributed by atoms with van der Waals surface area (Å²) in [5, 5.41) is 4.00. The summed E-state index contributed by atoms with van der Waals surface area (Å²) in [6.45, 7) is 0. The minimum absolute atomic E-state index is 0.232. The zero-order valence-electron chi connectivity index (χ0n) is 11.0. The predicted octanol–water partition coefficient (Wildman–Crippen LogP) is 2.33. The monoisotopic (exact) mass is 265 g/mol. The third kappa shape index (κ3) is 2.74. The van der Waals surface area contributed by atoms with Crippen LogP contribution in [0.1, 0.15) is 33.5 Å². The van der Waals surface area contributed by atoms with E-state index in [2.05, 4.69) is 27.6 Å². The van der Waals surface area contributed by atoms with Crippen LogP contribution in [0.25, 0.3) is 0 Å². The summed E-state index contributed by atoms with van der Waals surface area (Å²) < 4.78 is 0. The van der Waals surface area contributed by atoms with Gasteiger partial charge in [-0.05, 0) is 54.2 Å². The number of carbonyl (C=O) groups is 1. The van der Waals surface area contributed by atoms with Gasteiger partial charge in [-0.2, -0.15) is 5.10 Å². The summed E-state index contributed by atoms with van der Waals surface area (Å²) in [4.78, 5) is 15.6. The van der Waals surface area contributed by atoms with E-state index in [4.69, 9.17) is 0 Å². The number of aromatic nitrogens is 1. The molecule has 4 nitrogen and oxygen atoms in total. The summed E-state index contributed by atoms with van der Waals surface area (Å²) in [6.07, 6.45) is 8.39. The Kier molecular flexibility index (Phi) is 3.54. The number of aryl methyl sites for hydroxylation is 2. The van der Waals surface area contributed by atoms with Gasteiger partial charge in [0.15, 0.2) is 0 Å². The molecule has 1 aromatic heterocycles. The standard InChI is InChI=1S/C16H15N3O/c20-16(14-6-8-17-9-7-14)19-18-11-12-4-5-13-2-1-3-15(13)10-12/h4-11H,1-3H2,(H,19,20)/b18-11-. The van der Waals surface area contributed by atoms with Gasteiger partial charge in [-0.25, -0.2) is 5.43 Å². The van der Waals surface area contributed by atoms with Gasteiger partial charge in [0.2, 0.25) is 0 Å². The molecule has 0 radical (unpaired) electrons. The van der Waals surface area contributed by atoms with E-state index >= 15 is 0 Å². The first-order chi connectivity index (χ1) is 9.83. The van der Waals surface area contributed by atoms with E-state index in [1.54, 1.807) is 30.7 Å². The van der Waals surface area contributed by atoms with Crippen LogP contribution in [0.2, 0.25) is 0 Å². The molecular weight excluding hydrogens is 250 g/mol. The number of hydrogen-bond acceptors (Lipinski definition) is 3. The third-order valence-electron chi connectivity index (χ3n) is 3.44. The van der Waals surface area contributed by atoms with Crippen molar-refractivity contribution < 1.29 is 4.79 Å². The lowest BCUT2D eigenvalue weighted by molar-refractivity contribution is 0.0955. The summed E-state index contributed by atoms with van der Waals surface area (Å²) >= 11 is 0. The Hall–Kier alpha value is -2.49. The highest BCUT2D eigenvalue weighted by Gasteiger charge is 2.10. The number of hydrogen-bond donors (Lipinski definition) is 1. The molecule has 1 amide bonds. The third-order valence-corrected chi connectivity index (χ3v) is 3.44. The zero-order chi connectivity index (χ0) is 13.8. The van der Waals surface area contributed by atoms with Crippen LogP contribution in [0.3, 0.4) is 0 Å². The topological polar surface area (TPSA) is 54.4 Å². The van der Waals surface area contributed by atoms with Crippen molar-refractivity contribution in [1.29, 1.82) is 0 Å². The van der Waals surface area contributed by atoms with Gasteiger partial charge in [0.1, 0.15) is 0 Å². The van der Waals surface area contributed by atoms with Gasteiger partial charge in [-0.3, -0.25) is 9.78 Å². The van der Waals surface area contributed by atoms with Gasteiger partial charge < -0.3 is 0 Å². The van der Waals surface area contributed by atoms with Crippen LogP contribution in [-0.4, -0.2) is 17.1 Å². The highest BCUT2D eigenvalue weighted by molar-refractivity contribution is 5.94. The van der Waals surface area contributed by atoms with Gasteiger partial charge in [0.05, 0.1) is 6.21 Å². The predicted molar refractivity (Wildman–Crippen MR) is 77.8 cm³/mol. The Labute approximate surface area is 117 Å². The molecule has 0 saturated heterocycles. The molecule has 0 atom stereocenters. The molecule has 1 aliphatic carbocycles. The minimum atomic E-state index is -0.232. The lowest BCUT2D eigenvalue weighted by Crippen LogP contribution is -2.17. The van der Waals surface area contributed by atoms with E-state index in [0.717, 1.165) is 12.0 Å². The van der Waals surface area contributed by atoms with Crippen LogP contribution < -0.4 is 5.43 Å². The van der Waals surface area contributed by atoms with E-state index in [9.17, 15) is 4.79 Å². The summed E-state index contributed by atoms with van der Waals surface area (Å²) in [6, 6.07) is 9.63. The average Bonchev–Trinajstić information content (AvgIpc) is 2.95. The molecule has 1 aliphatic rings. The second kappa shape index (κ2) is 5.65. The normalized spacial score (nSPS) is 13.4. The van der Waals surface area contributed by atoms with Crippen molar-refractivity contribution in [3.8, 4) is 0 Å². The Bertz CT molecular complexity index is 650. The Morgan fingerprint density at radius 3 is 2.80 bits per heavy atom. The second-order valence-electron chi connectivity index (χ2n) is 4.82. The van der Waals surface area contributed by atoms with Crippen molar-refractivity contribution in [2.75, 3.05) is 0 Å². The van der Waals surface area contributed by atoms with Gasteiger partial charge in [-0.1, -0.05) is 12.1 Å². The number of benzene rings is 1. The van der Waals surface area contributed by atoms with E-state index in [0.29, 0.717) is 5.56 Å². The molecule has 20 heavy (non-hydrogen) atoms. The van der Waals surface area contributed by atoms with E-state index in [1.807, 2.05) is 6.07 Å². The number of rotatable bonds is 3. The van der Waals surface area contributed by atoms with Crippen molar-refractivity contribution in [2.45, 2.75) is 19.3 Å². The maximum absolute atomic E-state index is 11.8. The highest BCUT2D eigenvalue weighted by atomic mass is 16.2. The van der Waals surface area contributed by atoms with Crippen LogP contribution in [0, 0.1) is 0 Å². The lowest BCUT2D eigenvalue weighted by atomic mass is 10.1. The Morgan fingerprint density at radius 1 is 1.15 bits per heavy atom. The molecule has 0 fully saturated rings. The fourth-order valence-electron chi connectivity index (χ4n) is 2.41. The number of fused-ring (bicyclic) bond motifs is 1. The second-order valence-corrected chi connectivity index (χ2v) is 4.82. The Balaban J connectivity index is 1.65. The number of hydrazone groups is 1. The molecule has 1 aromatic carbocycles. The number of pyridine rings is 1. The van der Waals surface area contributed by atoms with Gasteiger partial charge in [0, 0.05) is 18.0 Å². The van der Waals surface area contributed by atoms with Crippen LogP contribution in [0.15, 0.2) is 47.8 Å². The van der Waals surface area contributed by atoms with Gasteiger partial charge >= 0.3 is 0 Å². The van der Waals surface area contributed by atoms with Crippen molar-refractivity contribution in [3.05, 3.63) is 65.0 Å². The summed E-state index contributed by atoms with van der Waals surface area (Å²) in [5.74, 6) is -0.232. The highest BCUT2D eigenvalue weighted by Crippen LogP contribution is 2.22. The molecule has 0 saturated carbocycles. The van der Waals surface area contributed by atoms with Gasteiger partial charge in [0.25, 0.3) is 5.91 Å². The smallest absolute Gasteiger partial charge is 0.267 e. The van der Waals surface area contributed by atoms with Crippen molar-refractivity contribution in [1.82, 2.24) is 10.4 Å². The van der Waals surface area contributed by atoms with Crippen LogP contribution in [-0.2, 0) is 12.8 Å². The molecule has 2 aromatic rings. The SMILES string of the molecule is O=C(N/N=C\c1ccc2c(c1)CCC2)c1ccncc1. The number of nitrogens with zero attached hydrogens (tertiary/aromatic N) is 2. The fraction of sp³-hybridized carbons (Fsp3) is 0.188. The quantitative estimate of drug-likeness (QED) is 0.684.